The molecular formula is C20H21Cl2N3S. The molecule has 0 fully saturated rings. The lowest BCUT2D eigenvalue weighted by molar-refractivity contribution is 0.482. The van der Waals surface area contributed by atoms with E-state index in [2.05, 4.69) is 52.9 Å². The lowest BCUT2D eigenvalue weighted by Crippen LogP contribution is -2.10. The maximum absolute atomic E-state index is 6.29. The summed E-state index contributed by atoms with van der Waals surface area (Å²) in [6.45, 7) is 5.31. The fourth-order valence-corrected chi connectivity index (χ4v) is 4.19. The number of hydrogen-bond acceptors (Lipinski definition) is 3. The third kappa shape index (κ3) is 5.03. The Morgan fingerprint density at radius 1 is 1.04 bits per heavy atom. The third-order valence-corrected chi connectivity index (χ3v) is 5.52. The molecule has 6 heteroatoms. The minimum atomic E-state index is 0.513. The van der Waals surface area contributed by atoms with Crippen molar-refractivity contribution in [2.75, 3.05) is 0 Å². The number of halogens is 2. The van der Waals surface area contributed by atoms with Crippen LogP contribution in [0, 0.1) is 5.92 Å². The first-order valence-corrected chi connectivity index (χ1v) is 10.3. The molecule has 1 aromatic heterocycles. The highest BCUT2D eigenvalue weighted by atomic mass is 35.5. The Labute approximate surface area is 168 Å². The largest absolute Gasteiger partial charge is 0.305 e. The van der Waals surface area contributed by atoms with E-state index in [1.165, 1.54) is 5.56 Å². The zero-order valence-corrected chi connectivity index (χ0v) is 17.2. The van der Waals surface area contributed by atoms with Gasteiger partial charge in [0.2, 0.25) is 0 Å². The fourth-order valence-electron chi connectivity index (χ4n) is 2.66. The predicted octanol–water partition coefficient (Wildman–Crippen LogP) is 6.12. The molecule has 1 heterocycles. The predicted molar refractivity (Wildman–Crippen MR) is 110 cm³/mol. The lowest BCUT2D eigenvalue weighted by atomic mass is 10.1. The Morgan fingerprint density at radius 3 is 2.50 bits per heavy atom. The molecule has 0 aliphatic carbocycles. The van der Waals surface area contributed by atoms with Gasteiger partial charge in [-0.15, -0.1) is 10.2 Å². The van der Waals surface area contributed by atoms with Crippen molar-refractivity contribution in [3.8, 4) is 0 Å². The minimum absolute atomic E-state index is 0.513. The Kier molecular flexibility index (Phi) is 6.63. The van der Waals surface area contributed by atoms with E-state index in [9.17, 15) is 0 Å². The summed E-state index contributed by atoms with van der Waals surface area (Å²) in [5, 5.41) is 11.1. The van der Waals surface area contributed by atoms with Gasteiger partial charge in [0.1, 0.15) is 5.82 Å². The molecule has 3 rings (SSSR count). The summed E-state index contributed by atoms with van der Waals surface area (Å²) in [7, 11) is 0. The Hall–Kier alpha value is -1.49. The van der Waals surface area contributed by atoms with Gasteiger partial charge >= 0.3 is 0 Å². The zero-order valence-electron chi connectivity index (χ0n) is 14.8. The summed E-state index contributed by atoms with van der Waals surface area (Å²) in [6.07, 6.45) is 0.781. The van der Waals surface area contributed by atoms with E-state index in [-0.39, 0.29) is 0 Å². The summed E-state index contributed by atoms with van der Waals surface area (Å²) in [5.41, 5.74) is 2.28. The molecule has 0 spiro atoms. The third-order valence-electron chi connectivity index (χ3n) is 3.92. The highest BCUT2D eigenvalue weighted by molar-refractivity contribution is 7.98. The van der Waals surface area contributed by atoms with Crippen LogP contribution in [0.5, 0.6) is 0 Å². The summed E-state index contributed by atoms with van der Waals surface area (Å²) >= 11 is 13.9. The summed E-state index contributed by atoms with van der Waals surface area (Å²) in [4.78, 5) is 0. The van der Waals surface area contributed by atoms with E-state index in [1.54, 1.807) is 17.8 Å². The fraction of sp³-hybridized carbons (Fsp3) is 0.300. The van der Waals surface area contributed by atoms with Crippen LogP contribution in [0.1, 0.15) is 30.8 Å². The molecule has 0 amide bonds. The van der Waals surface area contributed by atoms with E-state index >= 15 is 0 Å². The first kappa shape index (κ1) is 19.3. The van der Waals surface area contributed by atoms with Crippen LogP contribution in [-0.2, 0) is 18.7 Å². The first-order valence-electron chi connectivity index (χ1n) is 8.55. The van der Waals surface area contributed by atoms with Gasteiger partial charge in [-0.25, -0.2) is 0 Å². The van der Waals surface area contributed by atoms with Crippen LogP contribution in [0.4, 0.5) is 0 Å². The SMILES string of the molecule is CC(C)Cn1c(Cc2ccccc2)nnc1SCc1ccc(Cl)cc1Cl. The van der Waals surface area contributed by atoms with Crippen molar-refractivity contribution in [2.24, 2.45) is 5.92 Å². The number of rotatable bonds is 7. The molecule has 0 aliphatic heterocycles. The van der Waals surface area contributed by atoms with Gasteiger partial charge in [0, 0.05) is 28.8 Å². The maximum Gasteiger partial charge on any atom is 0.191 e. The zero-order chi connectivity index (χ0) is 18.5. The van der Waals surface area contributed by atoms with E-state index in [0.717, 1.165) is 35.3 Å². The van der Waals surface area contributed by atoms with Crippen LogP contribution in [0.15, 0.2) is 53.7 Å². The second kappa shape index (κ2) is 8.94. The molecule has 0 N–H and O–H groups in total. The second-order valence-electron chi connectivity index (χ2n) is 6.59. The molecule has 3 aromatic rings. The van der Waals surface area contributed by atoms with Gasteiger partial charge in [0.05, 0.1) is 0 Å². The van der Waals surface area contributed by atoms with E-state index in [1.807, 2.05) is 18.2 Å². The summed E-state index contributed by atoms with van der Waals surface area (Å²) in [5.74, 6) is 2.24. The molecule has 0 atom stereocenters. The maximum atomic E-state index is 6.29. The molecule has 0 saturated heterocycles. The normalized spacial score (nSPS) is 11.3. The molecule has 0 saturated carbocycles. The van der Waals surface area contributed by atoms with Crippen LogP contribution in [0.2, 0.25) is 10.0 Å². The minimum Gasteiger partial charge on any atom is -0.305 e. The highest BCUT2D eigenvalue weighted by Gasteiger charge is 2.15. The van der Waals surface area contributed by atoms with E-state index < -0.39 is 0 Å². The molecule has 0 aliphatic rings. The monoisotopic (exact) mass is 405 g/mol. The van der Waals surface area contributed by atoms with Crippen molar-refractivity contribution in [3.63, 3.8) is 0 Å². The van der Waals surface area contributed by atoms with Gasteiger partial charge in [0.25, 0.3) is 0 Å². The molecule has 2 aromatic carbocycles. The molecular weight excluding hydrogens is 385 g/mol. The first-order chi connectivity index (χ1) is 12.5. The van der Waals surface area contributed by atoms with Crippen LogP contribution in [0.3, 0.4) is 0 Å². The average Bonchev–Trinajstić information content (AvgIpc) is 2.96. The average molecular weight is 406 g/mol. The van der Waals surface area contributed by atoms with Gasteiger partial charge < -0.3 is 4.57 Å². The van der Waals surface area contributed by atoms with Gasteiger partial charge in [-0.2, -0.15) is 0 Å². The van der Waals surface area contributed by atoms with Gasteiger partial charge in [-0.3, -0.25) is 0 Å². The quantitative estimate of drug-likeness (QED) is 0.443. The number of hydrogen-bond donors (Lipinski definition) is 0. The van der Waals surface area contributed by atoms with Crippen LogP contribution in [-0.4, -0.2) is 14.8 Å². The Balaban J connectivity index is 1.79. The standard InChI is InChI=1S/C20H21Cl2N3S/c1-14(2)12-25-19(10-15-6-4-3-5-7-15)23-24-20(25)26-13-16-8-9-17(21)11-18(16)22/h3-9,11,14H,10,12-13H2,1-2H3. The lowest BCUT2D eigenvalue weighted by Gasteiger charge is -2.13. The van der Waals surface area contributed by atoms with Gasteiger partial charge in [0.15, 0.2) is 5.16 Å². The Morgan fingerprint density at radius 2 is 1.81 bits per heavy atom. The number of nitrogens with zero attached hydrogens (tertiary/aromatic N) is 3. The van der Waals surface area contributed by atoms with Crippen molar-refractivity contribution in [2.45, 2.75) is 37.7 Å². The summed E-state index contributed by atoms with van der Waals surface area (Å²) < 4.78 is 2.23. The van der Waals surface area contributed by atoms with Crippen molar-refractivity contribution < 1.29 is 0 Å². The van der Waals surface area contributed by atoms with Gasteiger partial charge in [-0.1, -0.05) is 85.2 Å². The van der Waals surface area contributed by atoms with Crippen molar-refractivity contribution in [1.29, 1.82) is 0 Å². The van der Waals surface area contributed by atoms with Crippen molar-refractivity contribution >= 4 is 35.0 Å². The molecule has 0 unspecified atom stereocenters. The van der Waals surface area contributed by atoms with Crippen LogP contribution >= 0.6 is 35.0 Å². The Bertz CT molecular complexity index is 863. The van der Waals surface area contributed by atoms with Crippen LogP contribution < -0.4 is 0 Å². The van der Waals surface area contributed by atoms with Crippen molar-refractivity contribution in [1.82, 2.24) is 14.8 Å². The van der Waals surface area contributed by atoms with Crippen molar-refractivity contribution in [3.05, 3.63) is 75.5 Å². The highest BCUT2D eigenvalue weighted by Crippen LogP contribution is 2.29. The smallest absolute Gasteiger partial charge is 0.191 e. The number of aromatic nitrogens is 3. The molecule has 26 heavy (non-hydrogen) atoms. The van der Waals surface area contributed by atoms with E-state index in [0.29, 0.717) is 16.0 Å². The molecule has 136 valence electrons. The summed E-state index contributed by atoms with van der Waals surface area (Å²) in [6, 6.07) is 16.0. The van der Waals surface area contributed by atoms with E-state index in [4.69, 9.17) is 23.2 Å². The number of benzene rings is 2. The molecule has 0 radical (unpaired) electrons. The molecule has 0 bridgehead atoms. The topological polar surface area (TPSA) is 30.7 Å². The second-order valence-corrected chi connectivity index (χ2v) is 8.38. The number of thioether (sulfide) groups is 1. The van der Waals surface area contributed by atoms with Gasteiger partial charge in [-0.05, 0) is 29.2 Å². The van der Waals surface area contributed by atoms with Crippen LogP contribution in [0.25, 0.3) is 0 Å². The molecule has 3 nitrogen and oxygen atoms in total.